The second kappa shape index (κ2) is 9.02. The molecular weight excluding hydrogens is 451 g/mol. The van der Waals surface area contributed by atoms with Crippen molar-refractivity contribution in [3.8, 4) is 11.3 Å². The molecule has 0 bridgehead atoms. The van der Waals surface area contributed by atoms with Gasteiger partial charge in [-0.3, -0.25) is 4.79 Å². The molecule has 1 aromatic heterocycles. The van der Waals surface area contributed by atoms with Crippen LogP contribution in [0.15, 0.2) is 69.7 Å². The van der Waals surface area contributed by atoms with E-state index in [9.17, 15) is 9.59 Å². The van der Waals surface area contributed by atoms with Crippen molar-refractivity contribution < 1.29 is 18.7 Å². The van der Waals surface area contributed by atoms with Crippen molar-refractivity contribution in [1.29, 1.82) is 0 Å². The van der Waals surface area contributed by atoms with Crippen LogP contribution in [0.5, 0.6) is 0 Å². The lowest BCUT2D eigenvalue weighted by Gasteiger charge is -2.11. The first-order chi connectivity index (χ1) is 15.4. The number of hydrogen-bond acceptors (Lipinski definition) is 5. The molecule has 1 amide bonds. The number of benzene rings is 2. The van der Waals surface area contributed by atoms with E-state index in [2.05, 4.69) is 5.10 Å². The van der Waals surface area contributed by atoms with Gasteiger partial charge in [0.2, 0.25) is 0 Å². The second-order valence-corrected chi connectivity index (χ2v) is 7.80. The lowest BCUT2D eigenvalue weighted by atomic mass is 10.1. The molecule has 0 atom stereocenters. The fourth-order valence-electron chi connectivity index (χ4n) is 3.24. The van der Waals surface area contributed by atoms with E-state index >= 15 is 0 Å². The van der Waals surface area contributed by atoms with Crippen molar-refractivity contribution in [3.63, 3.8) is 0 Å². The Kier molecular flexibility index (Phi) is 6.17. The summed E-state index contributed by atoms with van der Waals surface area (Å²) >= 11 is 12.2. The normalized spacial score (nSPS) is 14.8. The minimum atomic E-state index is -0.502. The molecule has 0 spiro atoms. The SMILES string of the molecule is CCOC(=O)c1cc(-c2ccc(/C=C3/C(=O)N(c4cccc(Cl)c4)N=C3C)o2)ccc1Cl. The summed E-state index contributed by atoms with van der Waals surface area (Å²) < 4.78 is 10.9. The molecule has 0 radical (unpaired) electrons. The molecule has 8 heteroatoms. The Morgan fingerprint density at radius 2 is 1.97 bits per heavy atom. The maximum absolute atomic E-state index is 12.9. The smallest absolute Gasteiger partial charge is 0.339 e. The summed E-state index contributed by atoms with van der Waals surface area (Å²) in [6.45, 7) is 3.73. The number of ether oxygens (including phenoxy) is 1. The molecule has 1 aliphatic rings. The zero-order valence-electron chi connectivity index (χ0n) is 17.3. The minimum Gasteiger partial charge on any atom is -0.462 e. The summed E-state index contributed by atoms with van der Waals surface area (Å²) in [4.78, 5) is 25.0. The van der Waals surface area contributed by atoms with Crippen LogP contribution in [-0.2, 0) is 9.53 Å². The molecule has 2 heterocycles. The number of furan rings is 1. The molecule has 0 N–H and O–H groups in total. The summed E-state index contributed by atoms with van der Waals surface area (Å²) in [5.74, 6) is 0.209. The van der Waals surface area contributed by atoms with Crippen LogP contribution in [0.25, 0.3) is 17.4 Å². The highest BCUT2D eigenvalue weighted by molar-refractivity contribution is 6.34. The molecule has 6 nitrogen and oxygen atoms in total. The van der Waals surface area contributed by atoms with Crippen LogP contribution in [0.4, 0.5) is 5.69 Å². The van der Waals surface area contributed by atoms with E-state index < -0.39 is 5.97 Å². The Labute approximate surface area is 194 Å². The lowest BCUT2D eigenvalue weighted by Crippen LogP contribution is -2.21. The largest absolute Gasteiger partial charge is 0.462 e. The van der Waals surface area contributed by atoms with Gasteiger partial charge in [0.1, 0.15) is 11.5 Å². The molecule has 1 aliphatic heterocycles. The average molecular weight is 469 g/mol. The fraction of sp³-hybridized carbons (Fsp3) is 0.125. The Balaban J connectivity index is 1.61. The zero-order valence-corrected chi connectivity index (χ0v) is 18.8. The maximum atomic E-state index is 12.9. The highest BCUT2D eigenvalue weighted by Crippen LogP contribution is 2.30. The standard InChI is InChI=1S/C24H18Cl2N2O4/c1-3-31-24(30)20-11-15(7-9-21(20)26)22-10-8-18(32-22)13-19-14(2)27-28(23(19)29)17-6-4-5-16(25)12-17/h4-13H,3H2,1-2H3/b19-13+. The van der Waals surface area contributed by atoms with E-state index in [-0.39, 0.29) is 18.1 Å². The Bertz CT molecular complexity index is 1280. The van der Waals surface area contributed by atoms with E-state index in [1.54, 1.807) is 74.5 Å². The second-order valence-electron chi connectivity index (χ2n) is 6.96. The number of amides is 1. The van der Waals surface area contributed by atoms with Gasteiger partial charge in [0.15, 0.2) is 0 Å². The molecule has 162 valence electrons. The van der Waals surface area contributed by atoms with Crippen LogP contribution in [0.2, 0.25) is 10.0 Å². The Morgan fingerprint density at radius 3 is 2.72 bits per heavy atom. The highest BCUT2D eigenvalue weighted by Gasteiger charge is 2.29. The van der Waals surface area contributed by atoms with Gasteiger partial charge in [-0.2, -0.15) is 10.1 Å². The molecule has 2 aromatic carbocycles. The summed E-state index contributed by atoms with van der Waals surface area (Å²) in [5, 5.41) is 6.47. The van der Waals surface area contributed by atoms with Crippen molar-refractivity contribution in [2.45, 2.75) is 13.8 Å². The van der Waals surface area contributed by atoms with Crippen molar-refractivity contribution in [1.82, 2.24) is 0 Å². The van der Waals surface area contributed by atoms with E-state index in [4.69, 9.17) is 32.4 Å². The number of hydrogen-bond donors (Lipinski definition) is 0. The van der Waals surface area contributed by atoms with E-state index in [0.717, 1.165) is 0 Å². The molecule has 0 aliphatic carbocycles. The van der Waals surface area contributed by atoms with Crippen LogP contribution >= 0.6 is 23.2 Å². The van der Waals surface area contributed by atoms with E-state index in [1.807, 2.05) is 0 Å². The molecule has 0 saturated heterocycles. The lowest BCUT2D eigenvalue weighted by molar-refractivity contribution is -0.114. The third-order valence-electron chi connectivity index (χ3n) is 4.77. The van der Waals surface area contributed by atoms with Crippen LogP contribution in [0, 0.1) is 0 Å². The highest BCUT2D eigenvalue weighted by atomic mass is 35.5. The van der Waals surface area contributed by atoms with Gasteiger partial charge in [-0.1, -0.05) is 29.3 Å². The van der Waals surface area contributed by atoms with Gasteiger partial charge in [0, 0.05) is 10.6 Å². The van der Waals surface area contributed by atoms with Gasteiger partial charge in [0.25, 0.3) is 5.91 Å². The number of carbonyl (C=O) groups is 2. The monoisotopic (exact) mass is 468 g/mol. The van der Waals surface area contributed by atoms with Gasteiger partial charge in [0.05, 0.1) is 34.2 Å². The third-order valence-corrected chi connectivity index (χ3v) is 5.34. The molecule has 0 fully saturated rings. The van der Waals surface area contributed by atoms with Gasteiger partial charge >= 0.3 is 5.97 Å². The Hall–Kier alpha value is -3.35. The summed E-state index contributed by atoms with van der Waals surface area (Å²) in [7, 11) is 0. The van der Waals surface area contributed by atoms with Crippen LogP contribution < -0.4 is 5.01 Å². The van der Waals surface area contributed by atoms with Crippen molar-refractivity contribution in [3.05, 3.63) is 81.5 Å². The molecule has 32 heavy (non-hydrogen) atoms. The van der Waals surface area contributed by atoms with Crippen LogP contribution in [0.3, 0.4) is 0 Å². The van der Waals surface area contributed by atoms with E-state index in [0.29, 0.717) is 44.1 Å². The fourth-order valence-corrected chi connectivity index (χ4v) is 3.62. The molecule has 3 aromatic rings. The van der Waals surface area contributed by atoms with E-state index in [1.165, 1.54) is 5.01 Å². The topological polar surface area (TPSA) is 72.1 Å². The maximum Gasteiger partial charge on any atom is 0.339 e. The number of nitrogens with zero attached hydrogens (tertiary/aromatic N) is 2. The predicted molar refractivity (Wildman–Crippen MR) is 125 cm³/mol. The Morgan fingerprint density at radius 1 is 1.16 bits per heavy atom. The summed E-state index contributed by atoms with van der Waals surface area (Å²) in [5.41, 5.74) is 2.47. The number of anilines is 1. The van der Waals surface area contributed by atoms with Gasteiger partial charge in [-0.05, 0) is 68.5 Å². The first-order valence-corrected chi connectivity index (χ1v) is 10.6. The van der Waals surface area contributed by atoms with Crippen LogP contribution in [-0.4, -0.2) is 24.2 Å². The van der Waals surface area contributed by atoms with Crippen LogP contribution in [0.1, 0.15) is 30.0 Å². The number of carbonyl (C=O) groups excluding carboxylic acids is 2. The third kappa shape index (κ3) is 4.33. The number of hydrazone groups is 1. The number of rotatable bonds is 5. The zero-order chi connectivity index (χ0) is 22.8. The summed E-state index contributed by atoms with van der Waals surface area (Å²) in [6.07, 6.45) is 1.64. The predicted octanol–water partition coefficient (Wildman–Crippen LogP) is 6.24. The number of esters is 1. The summed E-state index contributed by atoms with van der Waals surface area (Å²) in [6, 6.07) is 15.4. The quantitative estimate of drug-likeness (QED) is 0.328. The first-order valence-electron chi connectivity index (χ1n) is 9.81. The number of halogens is 2. The minimum absolute atomic E-state index is 0.249. The molecule has 0 unspecified atom stereocenters. The van der Waals surface area contributed by atoms with Crippen molar-refractivity contribution in [2.75, 3.05) is 11.6 Å². The first kappa shape index (κ1) is 21.9. The van der Waals surface area contributed by atoms with Crippen molar-refractivity contribution >= 4 is 52.6 Å². The molecule has 4 rings (SSSR count). The van der Waals surface area contributed by atoms with Gasteiger partial charge in [-0.25, -0.2) is 4.79 Å². The van der Waals surface area contributed by atoms with Crippen molar-refractivity contribution in [2.24, 2.45) is 5.10 Å². The van der Waals surface area contributed by atoms with Gasteiger partial charge < -0.3 is 9.15 Å². The average Bonchev–Trinajstić information content (AvgIpc) is 3.34. The molecule has 0 saturated carbocycles. The molecular formula is C24H18Cl2N2O4. The van der Waals surface area contributed by atoms with Gasteiger partial charge in [-0.15, -0.1) is 0 Å².